The van der Waals surface area contributed by atoms with Crippen molar-refractivity contribution in [2.45, 2.75) is 31.7 Å². The molecule has 0 aliphatic carbocycles. The van der Waals surface area contributed by atoms with Crippen LogP contribution in [0.25, 0.3) is 0 Å². The topological polar surface area (TPSA) is 38.5 Å². The van der Waals surface area contributed by atoms with E-state index in [2.05, 4.69) is 30.0 Å². The molecule has 2 aliphatic rings. The molecule has 0 saturated carbocycles. The maximum absolute atomic E-state index is 6.19. The normalized spacial score (nSPS) is 27.9. The highest BCUT2D eigenvalue weighted by atomic mass is 16.5. The number of nitrogens with zero attached hydrogens (tertiary/aromatic N) is 1. The summed E-state index contributed by atoms with van der Waals surface area (Å²) in [4.78, 5) is 2.58. The minimum Gasteiger partial charge on any atom is -0.493 e. The van der Waals surface area contributed by atoms with Gasteiger partial charge in [0.2, 0.25) is 0 Å². The molecule has 18 heavy (non-hydrogen) atoms. The molecule has 1 fully saturated rings. The Kier molecular flexibility index (Phi) is 3.04. The van der Waals surface area contributed by atoms with Crippen LogP contribution in [0.3, 0.4) is 0 Å². The fraction of sp³-hybridized carbons (Fsp3) is 0.600. The van der Waals surface area contributed by atoms with Crippen molar-refractivity contribution in [3.05, 3.63) is 29.3 Å². The van der Waals surface area contributed by atoms with Gasteiger partial charge in [-0.1, -0.05) is 17.7 Å². The average Bonchev–Trinajstić information content (AvgIpc) is 2.92. The van der Waals surface area contributed by atoms with E-state index in [1.54, 1.807) is 0 Å². The standard InChI is InChI=1S/C15H22N2O/c1-12-4-5-14-13(10-12)15(11-16,6-9-18-14)17-7-2-3-8-17/h4-5,10H,2-3,6-9,11,16H2,1H3. The van der Waals surface area contributed by atoms with Crippen molar-refractivity contribution in [1.29, 1.82) is 0 Å². The fourth-order valence-corrected chi connectivity index (χ4v) is 3.41. The Morgan fingerprint density at radius 2 is 2.11 bits per heavy atom. The Hall–Kier alpha value is -1.06. The molecule has 1 aromatic rings. The minimum atomic E-state index is 0.0100. The molecule has 0 bridgehead atoms. The molecule has 2 aliphatic heterocycles. The third-order valence-corrected chi connectivity index (χ3v) is 4.46. The van der Waals surface area contributed by atoms with Gasteiger partial charge in [0.05, 0.1) is 12.1 Å². The van der Waals surface area contributed by atoms with E-state index in [0.717, 1.165) is 18.8 Å². The molecular formula is C15H22N2O. The van der Waals surface area contributed by atoms with Gasteiger partial charge in [-0.2, -0.15) is 0 Å². The quantitative estimate of drug-likeness (QED) is 0.867. The van der Waals surface area contributed by atoms with Gasteiger partial charge in [0.25, 0.3) is 0 Å². The van der Waals surface area contributed by atoms with Gasteiger partial charge in [-0.25, -0.2) is 0 Å². The van der Waals surface area contributed by atoms with Gasteiger partial charge < -0.3 is 10.5 Å². The molecule has 3 nitrogen and oxygen atoms in total. The lowest BCUT2D eigenvalue weighted by Crippen LogP contribution is -2.52. The highest BCUT2D eigenvalue weighted by Gasteiger charge is 2.42. The summed E-state index contributed by atoms with van der Waals surface area (Å²) in [6.07, 6.45) is 3.60. The predicted octanol–water partition coefficient (Wildman–Crippen LogP) is 2.03. The second kappa shape index (κ2) is 4.56. The second-order valence-corrected chi connectivity index (χ2v) is 5.53. The zero-order valence-electron chi connectivity index (χ0n) is 11.1. The SMILES string of the molecule is Cc1ccc2c(c1)C(CN)(N1CCCC1)CCO2. The molecule has 2 N–H and O–H groups in total. The molecular weight excluding hydrogens is 224 g/mol. The Morgan fingerprint density at radius 3 is 2.83 bits per heavy atom. The summed E-state index contributed by atoms with van der Waals surface area (Å²) >= 11 is 0. The average molecular weight is 246 g/mol. The largest absolute Gasteiger partial charge is 0.493 e. The van der Waals surface area contributed by atoms with Crippen LogP contribution < -0.4 is 10.5 Å². The number of rotatable bonds is 2. The Morgan fingerprint density at radius 1 is 1.33 bits per heavy atom. The molecule has 1 saturated heterocycles. The van der Waals surface area contributed by atoms with Crippen molar-refractivity contribution in [1.82, 2.24) is 4.90 Å². The van der Waals surface area contributed by atoms with Crippen LogP contribution in [0.15, 0.2) is 18.2 Å². The molecule has 0 radical (unpaired) electrons. The molecule has 0 aromatic heterocycles. The lowest BCUT2D eigenvalue weighted by Gasteiger charge is -2.45. The van der Waals surface area contributed by atoms with Crippen LogP contribution in [0, 0.1) is 6.92 Å². The van der Waals surface area contributed by atoms with E-state index in [-0.39, 0.29) is 5.54 Å². The van der Waals surface area contributed by atoms with Crippen LogP contribution in [0.4, 0.5) is 0 Å². The summed E-state index contributed by atoms with van der Waals surface area (Å²) in [6, 6.07) is 6.49. The number of nitrogens with two attached hydrogens (primary N) is 1. The third kappa shape index (κ3) is 1.73. The van der Waals surface area contributed by atoms with E-state index in [1.807, 2.05) is 0 Å². The monoisotopic (exact) mass is 246 g/mol. The smallest absolute Gasteiger partial charge is 0.124 e. The molecule has 1 atom stereocenters. The second-order valence-electron chi connectivity index (χ2n) is 5.53. The van der Waals surface area contributed by atoms with Crippen LogP contribution in [-0.2, 0) is 5.54 Å². The van der Waals surface area contributed by atoms with E-state index in [0.29, 0.717) is 6.54 Å². The van der Waals surface area contributed by atoms with Gasteiger partial charge in [-0.3, -0.25) is 4.90 Å². The summed E-state index contributed by atoms with van der Waals surface area (Å²) in [6.45, 7) is 5.95. The fourth-order valence-electron chi connectivity index (χ4n) is 3.41. The number of hydrogen-bond donors (Lipinski definition) is 1. The van der Waals surface area contributed by atoms with Gasteiger partial charge in [0.1, 0.15) is 5.75 Å². The Labute approximate surface area is 109 Å². The molecule has 1 aromatic carbocycles. The molecule has 3 heteroatoms. The van der Waals surface area contributed by atoms with Crippen molar-refractivity contribution >= 4 is 0 Å². The van der Waals surface area contributed by atoms with Gasteiger partial charge >= 0.3 is 0 Å². The van der Waals surface area contributed by atoms with E-state index >= 15 is 0 Å². The van der Waals surface area contributed by atoms with Gasteiger partial charge in [-0.05, 0) is 38.9 Å². The summed E-state index contributed by atoms with van der Waals surface area (Å²) in [5.41, 5.74) is 8.79. The minimum absolute atomic E-state index is 0.0100. The molecule has 0 spiro atoms. The van der Waals surface area contributed by atoms with Crippen molar-refractivity contribution in [3.63, 3.8) is 0 Å². The number of likely N-dealkylation sites (tertiary alicyclic amines) is 1. The zero-order chi connectivity index (χ0) is 12.6. The van der Waals surface area contributed by atoms with Crippen LogP contribution in [0.2, 0.25) is 0 Å². The molecule has 3 rings (SSSR count). The molecule has 98 valence electrons. The molecule has 2 heterocycles. The first-order valence-corrected chi connectivity index (χ1v) is 6.95. The maximum Gasteiger partial charge on any atom is 0.124 e. The van der Waals surface area contributed by atoms with Crippen LogP contribution in [0.1, 0.15) is 30.4 Å². The van der Waals surface area contributed by atoms with Crippen molar-refractivity contribution in [2.75, 3.05) is 26.2 Å². The van der Waals surface area contributed by atoms with Crippen LogP contribution in [-0.4, -0.2) is 31.1 Å². The molecule has 1 unspecified atom stereocenters. The number of benzene rings is 1. The van der Waals surface area contributed by atoms with Gasteiger partial charge in [0.15, 0.2) is 0 Å². The predicted molar refractivity (Wildman–Crippen MR) is 72.8 cm³/mol. The summed E-state index contributed by atoms with van der Waals surface area (Å²) < 4.78 is 5.81. The van der Waals surface area contributed by atoms with E-state index in [4.69, 9.17) is 10.5 Å². The van der Waals surface area contributed by atoms with E-state index in [9.17, 15) is 0 Å². The van der Waals surface area contributed by atoms with E-state index < -0.39 is 0 Å². The lowest BCUT2D eigenvalue weighted by molar-refractivity contribution is 0.0697. The lowest BCUT2D eigenvalue weighted by atomic mass is 9.82. The summed E-state index contributed by atoms with van der Waals surface area (Å²) in [5.74, 6) is 1.03. The highest BCUT2D eigenvalue weighted by Crippen LogP contribution is 2.42. The van der Waals surface area contributed by atoms with Gasteiger partial charge in [-0.15, -0.1) is 0 Å². The van der Waals surface area contributed by atoms with Crippen molar-refractivity contribution < 1.29 is 4.74 Å². The van der Waals surface area contributed by atoms with Gasteiger partial charge in [0, 0.05) is 18.5 Å². The molecule has 0 amide bonds. The van der Waals surface area contributed by atoms with Crippen LogP contribution in [0.5, 0.6) is 5.75 Å². The summed E-state index contributed by atoms with van der Waals surface area (Å²) in [7, 11) is 0. The number of hydrogen-bond acceptors (Lipinski definition) is 3. The Balaban J connectivity index is 2.08. The maximum atomic E-state index is 6.19. The first-order valence-electron chi connectivity index (χ1n) is 6.95. The number of aryl methyl sites for hydroxylation is 1. The number of ether oxygens (including phenoxy) is 1. The van der Waals surface area contributed by atoms with E-state index in [1.165, 1.54) is 37.1 Å². The highest BCUT2D eigenvalue weighted by molar-refractivity contribution is 5.44. The van der Waals surface area contributed by atoms with Crippen molar-refractivity contribution in [2.24, 2.45) is 5.73 Å². The zero-order valence-corrected chi connectivity index (χ0v) is 11.1. The third-order valence-electron chi connectivity index (χ3n) is 4.46. The van der Waals surface area contributed by atoms with Crippen molar-refractivity contribution in [3.8, 4) is 5.75 Å². The van der Waals surface area contributed by atoms with Crippen LogP contribution >= 0.6 is 0 Å². The Bertz CT molecular complexity index is 440. The first kappa shape index (κ1) is 12.0. The first-order chi connectivity index (χ1) is 8.76. The number of fused-ring (bicyclic) bond motifs is 1. The summed E-state index contributed by atoms with van der Waals surface area (Å²) in [5, 5.41) is 0.